The first-order valence-electron chi connectivity index (χ1n) is 30.0. The summed E-state index contributed by atoms with van der Waals surface area (Å²) in [6, 6.07) is 0. The first-order chi connectivity index (χ1) is 38.4. The van der Waals surface area contributed by atoms with Crippen LogP contribution in [0.25, 0.3) is 0 Å². The van der Waals surface area contributed by atoms with Crippen molar-refractivity contribution >= 4 is 11.9 Å². The van der Waals surface area contributed by atoms with Crippen molar-refractivity contribution in [2.75, 3.05) is 26.4 Å². The zero-order valence-electron chi connectivity index (χ0n) is 50.0. The van der Waals surface area contributed by atoms with E-state index in [0.29, 0.717) is 64.2 Å². The second-order valence-electron chi connectivity index (χ2n) is 27.7. The molecule has 4 saturated carbocycles. The van der Waals surface area contributed by atoms with E-state index < -0.39 is 175 Å². The highest BCUT2D eigenvalue weighted by molar-refractivity contribution is 5.83. The fraction of sp³-hybridized carbons (Fsp3) is 0.869. The van der Waals surface area contributed by atoms with Crippen LogP contribution in [-0.4, -0.2) is 205 Å². The first kappa shape index (κ1) is 65.5. The second-order valence-corrected chi connectivity index (χ2v) is 27.7. The number of rotatable bonds is 18. The highest BCUT2D eigenvalue weighted by atomic mass is 16.8. The van der Waals surface area contributed by atoms with Crippen LogP contribution in [0.15, 0.2) is 34.9 Å². The molecule has 0 spiro atoms. The van der Waals surface area contributed by atoms with Crippen molar-refractivity contribution in [3.8, 4) is 0 Å². The normalized spacial score (nSPS) is 47.0. The molecule has 0 unspecified atom stereocenters. The standard InChI is InChI=1S/C61H98O21/c1-12-13-23-75-52(74)49-47(80-53-44(69)42(67)35(28-63)77-53)46(71)48(81-54-45(70)43(68)41(66)34(27-62)76-54)55(82-49)79-38-20-21-58(9)36(57(38,7)8)19-22-59(10)37(58)18-17-32-33-25-56(5,6)26-39(61(33,29-64)51(73)50(72)60(32,59)11)78-40(65)24-31(4)16-14-15-30(2)3/h15,17,24,33-39,41-51,53-55,62-64,66-73H,12-14,16,18-23,25-29H2,1-11H3/b31-24-/t33-,34+,35-,36-,37+,38-,39-,41+,42-,43-,44+,45+,46-,47-,48+,49-,50-,51+,53-,54-,55+,58-,59+,60-,61+/m0/s1. The molecule has 0 aromatic heterocycles. The fourth-order valence-corrected chi connectivity index (χ4v) is 16.8. The maximum absolute atomic E-state index is 14.1. The lowest BCUT2D eigenvalue weighted by Gasteiger charge is -2.73. The molecule has 5 aliphatic carbocycles. The fourth-order valence-electron chi connectivity index (χ4n) is 16.8. The summed E-state index contributed by atoms with van der Waals surface area (Å²) >= 11 is 0. The Kier molecular flexibility index (Phi) is 19.9. The summed E-state index contributed by atoms with van der Waals surface area (Å²) in [4.78, 5) is 27.9. The van der Waals surface area contributed by atoms with E-state index in [1.54, 1.807) is 0 Å². The Balaban J connectivity index is 1.10. The smallest absolute Gasteiger partial charge is 0.338 e. The molecule has 0 bridgehead atoms. The average Bonchev–Trinajstić information content (AvgIpc) is 0.761. The molecule has 0 aromatic rings. The van der Waals surface area contributed by atoms with Gasteiger partial charge in [-0.15, -0.1) is 0 Å². The highest BCUT2D eigenvalue weighted by Gasteiger charge is 2.75. The number of esters is 2. The van der Waals surface area contributed by atoms with Crippen LogP contribution in [0.3, 0.4) is 0 Å². The molecule has 7 fully saturated rings. The SMILES string of the molecule is CCCCOC(=O)[C@H]1O[C@@H](O[C@H]2CC[C@]3(C)[C@H]4CC=C5[C@@H]6CC(C)(C)C[C@H](OC(=O)/C=C(/C)CCC=C(C)C)[C@]6(CO)[C@H](O)[C@H](O)[C@@]5(C)[C@]4(C)CC[C@H]3C2(C)C)[C@H](O[C@@H]2O[C@H](CO)[C@@H](O)[C@H](O)[C@H]2O)[C@@H](O)[C@@H]1O[C@@H]1O[C@@H](CO)[C@H](O)[C@H]1O. The number of unbranched alkanes of at least 4 members (excludes halogenated alkanes) is 1. The van der Waals surface area contributed by atoms with Gasteiger partial charge in [0.2, 0.25) is 0 Å². The van der Waals surface area contributed by atoms with Crippen LogP contribution in [0.2, 0.25) is 0 Å². The van der Waals surface area contributed by atoms with Crippen molar-refractivity contribution in [2.24, 2.45) is 50.2 Å². The van der Waals surface area contributed by atoms with Gasteiger partial charge in [-0.3, -0.25) is 0 Å². The number of aliphatic hydroxyl groups excluding tert-OH is 11. The second kappa shape index (κ2) is 24.9. The molecule has 21 heteroatoms. The largest absolute Gasteiger partial charge is 0.464 e. The third-order valence-corrected chi connectivity index (χ3v) is 21.6. The van der Waals surface area contributed by atoms with E-state index in [9.17, 15) is 65.8 Å². The van der Waals surface area contributed by atoms with Crippen molar-refractivity contribution in [1.29, 1.82) is 0 Å². The summed E-state index contributed by atoms with van der Waals surface area (Å²) < 4.78 is 49.2. The van der Waals surface area contributed by atoms with Gasteiger partial charge in [0.25, 0.3) is 0 Å². The number of aliphatic hydroxyl groups is 11. The minimum Gasteiger partial charge on any atom is -0.464 e. The summed E-state index contributed by atoms with van der Waals surface area (Å²) in [6.07, 6.45) is -16.2. The molecule has 3 saturated heterocycles. The van der Waals surface area contributed by atoms with Gasteiger partial charge < -0.3 is 94.1 Å². The van der Waals surface area contributed by atoms with Crippen LogP contribution in [0.5, 0.6) is 0 Å². The Bertz CT molecular complexity index is 2340. The zero-order valence-corrected chi connectivity index (χ0v) is 50.0. The predicted molar refractivity (Wildman–Crippen MR) is 293 cm³/mol. The lowest BCUT2D eigenvalue weighted by Crippen LogP contribution is -2.74. The molecule has 3 aliphatic heterocycles. The van der Waals surface area contributed by atoms with Crippen LogP contribution >= 0.6 is 0 Å². The first-order valence-corrected chi connectivity index (χ1v) is 30.0. The number of fused-ring (bicyclic) bond motifs is 7. The maximum Gasteiger partial charge on any atom is 0.338 e. The van der Waals surface area contributed by atoms with Crippen molar-refractivity contribution in [2.45, 2.75) is 257 Å². The molecule has 21 nitrogen and oxygen atoms in total. The molecule has 8 rings (SSSR count). The summed E-state index contributed by atoms with van der Waals surface area (Å²) in [6.45, 7) is 20.8. The van der Waals surface area contributed by atoms with Gasteiger partial charge in [-0.2, -0.15) is 0 Å². The van der Waals surface area contributed by atoms with Gasteiger partial charge in [-0.1, -0.05) is 90.7 Å². The van der Waals surface area contributed by atoms with Crippen molar-refractivity contribution in [3.63, 3.8) is 0 Å². The molecule has 11 N–H and O–H groups in total. The topological polar surface area (TPSA) is 331 Å². The van der Waals surface area contributed by atoms with Gasteiger partial charge in [-0.05, 0) is 124 Å². The molecule has 25 atom stereocenters. The van der Waals surface area contributed by atoms with E-state index in [0.717, 1.165) is 17.6 Å². The molecule has 0 radical (unpaired) electrons. The van der Waals surface area contributed by atoms with Gasteiger partial charge in [-0.25, -0.2) is 9.59 Å². The van der Waals surface area contributed by atoms with Gasteiger partial charge in [0.1, 0.15) is 67.1 Å². The van der Waals surface area contributed by atoms with Crippen LogP contribution in [0, 0.1) is 50.2 Å². The number of carbonyl (C=O) groups is 2. The molecule has 468 valence electrons. The lowest BCUT2D eigenvalue weighted by atomic mass is 9.32. The van der Waals surface area contributed by atoms with Gasteiger partial charge in [0.15, 0.2) is 25.0 Å². The average molecular weight is 1170 g/mol. The number of hydrogen-bond acceptors (Lipinski definition) is 21. The number of hydrogen-bond donors (Lipinski definition) is 11. The molecule has 3 heterocycles. The summed E-state index contributed by atoms with van der Waals surface area (Å²) in [5.74, 6) is -2.07. The van der Waals surface area contributed by atoms with Crippen molar-refractivity contribution in [3.05, 3.63) is 34.9 Å². The van der Waals surface area contributed by atoms with Gasteiger partial charge in [0.05, 0.1) is 50.2 Å². The molecular weight excluding hydrogens is 1070 g/mol. The summed E-state index contributed by atoms with van der Waals surface area (Å²) in [5.41, 5.74) is -1.45. The quantitative estimate of drug-likeness (QED) is 0.0309. The Morgan fingerprint density at radius 2 is 1.32 bits per heavy atom. The number of ether oxygens (including phenoxy) is 8. The third kappa shape index (κ3) is 11.4. The number of allylic oxidation sites excluding steroid dienone is 4. The molecule has 0 aromatic carbocycles. The van der Waals surface area contributed by atoms with Gasteiger partial charge in [0, 0.05) is 11.5 Å². The van der Waals surface area contributed by atoms with E-state index in [1.807, 2.05) is 27.7 Å². The molecule has 8 aliphatic rings. The third-order valence-electron chi connectivity index (χ3n) is 21.6. The van der Waals surface area contributed by atoms with E-state index in [4.69, 9.17) is 37.9 Å². The van der Waals surface area contributed by atoms with Crippen molar-refractivity contribution in [1.82, 2.24) is 0 Å². The Hall–Kier alpha value is -2.52. The Morgan fingerprint density at radius 1 is 0.695 bits per heavy atom. The summed E-state index contributed by atoms with van der Waals surface area (Å²) in [7, 11) is 0. The zero-order chi connectivity index (χ0) is 60.4. The minimum atomic E-state index is -1.96. The van der Waals surface area contributed by atoms with Crippen LogP contribution < -0.4 is 0 Å². The van der Waals surface area contributed by atoms with Gasteiger partial charge >= 0.3 is 11.9 Å². The van der Waals surface area contributed by atoms with Crippen LogP contribution in [0.4, 0.5) is 0 Å². The summed E-state index contributed by atoms with van der Waals surface area (Å²) in [5, 5.41) is 124. The predicted octanol–water partition coefficient (Wildman–Crippen LogP) is 2.76. The van der Waals surface area contributed by atoms with E-state index in [-0.39, 0.29) is 23.9 Å². The Labute approximate surface area is 482 Å². The monoisotopic (exact) mass is 1170 g/mol. The minimum absolute atomic E-state index is 0.0318. The lowest BCUT2D eigenvalue weighted by molar-refractivity contribution is -0.383. The Morgan fingerprint density at radius 3 is 1.93 bits per heavy atom. The van der Waals surface area contributed by atoms with Crippen LogP contribution in [-0.2, 0) is 47.5 Å². The molecule has 0 amide bonds. The van der Waals surface area contributed by atoms with Crippen molar-refractivity contribution < 1.29 is 104 Å². The highest BCUT2D eigenvalue weighted by Crippen LogP contribution is 2.76. The van der Waals surface area contributed by atoms with E-state index in [1.165, 1.54) is 11.6 Å². The van der Waals surface area contributed by atoms with E-state index >= 15 is 0 Å². The van der Waals surface area contributed by atoms with Crippen LogP contribution in [0.1, 0.15) is 147 Å². The molecule has 82 heavy (non-hydrogen) atoms. The molecular formula is C61H98O21. The number of carbonyl (C=O) groups excluding carboxylic acids is 2. The van der Waals surface area contributed by atoms with E-state index in [2.05, 4.69) is 60.6 Å². The maximum atomic E-state index is 14.1.